The number of rotatable bonds is 60. The molecule has 0 aromatic carbocycles. The molecule has 0 aromatic heterocycles. The minimum absolute atomic E-state index is 0.00702. The Balaban J connectivity index is 3.42. The molecule has 0 saturated heterocycles. The highest BCUT2D eigenvalue weighted by molar-refractivity contribution is 5.76. The molecular formula is C63H125NO5. The van der Waals surface area contributed by atoms with Gasteiger partial charge in [0.1, 0.15) is 0 Å². The van der Waals surface area contributed by atoms with Crippen LogP contribution in [0, 0.1) is 0 Å². The van der Waals surface area contributed by atoms with Gasteiger partial charge in [0.15, 0.2) is 0 Å². The smallest absolute Gasteiger partial charge is 0.305 e. The summed E-state index contributed by atoms with van der Waals surface area (Å²) in [5.74, 6) is -0.0553. The summed E-state index contributed by atoms with van der Waals surface area (Å²) in [5, 5.41) is 23.4. The van der Waals surface area contributed by atoms with Crippen molar-refractivity contribution < 1.29 is 24.5 Å². The quantitative estimate of drug-likeness (QED) is 0.0417. The Kier molecular flexibility index (Phi) is 58.4. The van der Waals surface area contributed by atoms with Crippen molar-refractivity contribution in [1.82, 2.24) is 5.32 Å². The van der Waals surface area contributed by atoms with E-state index in [0.29, 0.717) is 25.9 Å². The summed E-state index contributed by atoms with van der Waals surface area (Å²) in [6.07, 6.45) is 69.7. The molecule has 1 amide bonds. The first kappa shape index (κ1) is 67.9. The van der Waals surface area contributed by atoms with Crippen molar-refractivity contribution in [2.45, 2.75) is 379 Å². The summed E-state index contributed by atoms with van der Waals surface area (Å²) in [6.45, 7) is 4.96. The number of aliphatic hydroxyl groups is 2. The van der Waals surface area contributed by atoms with Crippen LogP contribution in [0.2, 0.25) is 0 Å². The summed E-state index contributed by atoms with van der Waals surface area (Å²) >= 11 is 0. The van der Waals surface area contributed by atoms with E-state index in [9.17, 15) is 19.8 Å². The molecule has 0 aliphatic carbocycles. The lowest BCUT2D eigenvalue weighted by Gasteiger charge is -2.22. The van der Waals surface area contributed by atoms with Crippen LogP contribution in [0.15, 0.2) is 0 Å². The third kappa shape index (κ3) is 56.0. The number of carbonyl (C=O) groups excluding carboxylic acids is 2. The van der Waals surface area contributed by atoms with E-state index >= 15 is 0 Å². The largest absolute Gasteiger partial charge is 0.466 e. The molecule has 0 radical (unpaired) electrons. The zero-order valence-corrected chi connectivity index (χ0v) is 47.1. The van der Waals surface area contributed by atoms with Crippen molar-refractivity contribution in [3.05, 3.63) is 0 Å². The second-order valence-corrected chi connectivity index (χ2v) is 22.1. The molecule has 0 aromatic rings. The maximum atomic E-state index is 12.5. The van der Waals surface area contributed by atoms with Gasteiger partial charge in [0.05, 0.1) is 25.4 Å². The minimum Gasteiger partial charge on any atom is -0.466 e. The molecule has 6 heteroatoms. The van der Waals surface area contributed by atoms with Crippen molar-refractivity contribution in [2.24, 2.45) is 0 Å². The number of hydrogen-bond acceptors (Lipinski definition) is 5. The monoisotopic (exact) mass is 976 g/mol. The molecule has 6 nitrogen and oxygen atoms in total. The van der Waals surface area contributed by atoms with Gasteiger partial charge in [0, 0.05) is 12.8 Å². The van der Waals surface area contributed by atoms with Gasteiger partial charge in [0.25, 0.3) is 0 Å². The molecule has 2 unspecified atom stereocenters. The highest BCUT2D eigenvalue weighted by Gasteiger charge is 2.20. The third-order valence-electron chi connectivity index (χ3n) is 15.2. The lowest BCUT2D eigenvalue weighted by molar-refractivity contribution is -0.143. The van der Waals surface area contributed by atoms with Crippen LogP contribution in [0.5, 0.6) is 0 Å². The van der Waals surface area contributed by atoms with Crippen molar-refractivity contribution in [3.8, 4) is 0 Å². The first-order valence-electron chi connectivity index (χ1n) is 31.8. The number of hydrogen-bond donors (Lipinski definition) is 3. The summed E-state index contributed by atoms with van der Waals surface area (Å²) in [6, 6.07) is -0.555. The number of amides is 1. The summed E-state index contributed by atoms with van der Waals surface area (Å²) < 4.78 is 5.49. The average molecular weight is 977 g/mol. The van der Waals surface area contributed by atoms with Crippen molar-refractivity contribution >= 4 is 11.9 Å². The van der Waals surface area contributed by atoms with Crippen LogP contribution in [-0.2, 0) is 14.3 Å². The van der Waals surface area contributed by atoms with Gasteiger partial charge in [-0.25, -0.2) is 0 Å². The molecule has 0 saturated carbocycles. The van der Waals surface area contributed by atoms with Crippen LogP contribution in [-0.4, -0.2) is 47.4 Å². The van der Waals surface area contributed by atoms with Crippen LogP contribution in [0.25, 0.3) is 0 Å². The fourth-order valence-corrected chi connectivity index (χ4v) is 10.3. The molecule has 3 N–H and O–H groups in total. The van der Waals surface area contributed by atoms with Gasteiger partial charge in [-0.1, -0.05) is 328 Å². The van der Waals surface area contributed by atoms with Crippen molar-refractivity contribution in [1.29, 1.82) is 0 Å². The molecule has 2 atom stereocenters. The number of ether oxygens (including phenoxy) is 1. The van der Waals surface area contributed by atoms with Gasteiger partial charge < -0.3 is 20.3 Å². The maximum Gasteiger partial charge on any atom is 0.305 e. The van der Waals surface area contributed by atoms with Crippen LogP contribution >= 0.6 is 0 Å². The van der Waals surface area contributed by atoms with E-state index < -0.39 is 12.1 Å². The molecule has 0 aliphatic rings. The van der Waals surface area contributed by atoms with Crippen LogP contribution in [0.4, 0.5) is 0 Å². The van der Waals surface area contributed by atoms with Gasteiger partial charge in [-0.2, -0.15) is 0 Å². The highest BCUT2D eigenvalue weighted by atomic mass is 16.5. The fraction of sp³-hybridized carbons (Fsp3) is 0.968. The number of carbonyl (C=O) groups is 2. The van der Waals surface area contributed by atoms with Gasteiger partial charge in [0.2, 0.25) is 5.91 Å². The van der Waals surface area contributed by atoms with Gasteiger partial charge >= 0.3 is 5.97 Å². The Hall–Kier alpha value is -1.14. The number of esters is 1. The van der Waals surface area contributed by atoms with Crippen molar-refractivity contribution in [3.63, 3.8) is 0 Å². The summed E-state index contributed by atoms with van der Waals surface area (Å²) in [7, 11) is 0. The molecular weight excluding hydrogens is 851 g/mol. The molecule has 0 spiro atoms. The number of nitrogens with one attached hydrogen (secondary N) is 1. The zero-order valence-electron chi connectivity index (χ0n) is 47.1. The summed E-state index contributed by atoms with van der Waals surface area (Å²) in [4.78, 5) is 24.6. The zero-order chi connectivity index (χ0) is 50.0. The second kappa shape index (κ2) is 59.4. The van der Waals surface area contributed by atoms with Gasteiger partial charge in [-0.05, 0) is 25.7 Å². The Morgan fingerprint density at radius 1 is 0.348 bits per heavy atom. The number of unbranched alkanes of at least 4 members (excludes halogenated alkanes) is 49. The lowest BCUT2D eigenvalue weighted by atomic mass is 10.0. The predicted molar refractivity (Wildman–Crippen MR) is 301 cm³/mol. The highest BCUT2D eigenvalue weighted by Crippen LogP contribution is 2.19. The first-order chi connectivity index (χ1) is 34.0. The normalized spacial score (nSPS) is 12.5. The van der Waals surface area contributed by atoms with Crippen molar-refractivity contribution in [2.75, 3.05) is 13.2 Å². The Morgan fingerprint density at radius 3 is 0.884 bits per heavy atom. The van der Waals surface area contributed by atoms with E-state index in [4.69, 9.17) is 4.74 Å². The van der Waals surface area contributed by atoms with Gasteiger partial charge in [-0.15, -0.1) is 0 Å². The number of aliphatic hydroxyl groups excluding tert-OH is 2. The fourth-order valence-electron chi connectivity index (χ4n) is 10.3. The van der Waals surface area contributed by atoms with E-state index in [1.165, 1.54) is 276 Å². The standard InChI is InChI=1S/C63H125NO5/c1-3-5-7-9-11-13-15-17-19-21-23-24-25-27-28-30-32-35-39-43-47-51-55-61(66)60(59-65)64-62(67)56-52-48-44-40-36-34-38-42-46-50-54-58-69-63(68)57-53-49-45-41-37-33-31-29-26-22-20-18-16-14-12-10-8-6-4-2/h60-61,65-66H,3-59H2,1-2H3,(H,64,67). The molecule has 0 rings (SSSR count). The van der Waals surface area contributed by atoms with E-state index in [1.807, 2.05) is 0 Å². The Bertz CT molecular complexity index is 990. The molecule has 0 bridgehead atoms. The average Bonchev–Trinajstić information content (AvgIpc) is 3.35. The first-order valence-corrected chi connectivity index (χ1v) is 31.8. The SMILES string of the molecule is CCCCCCCCCCCCCCCCCCCCCCCCC(O)C(CO)NC(=O)CCCCCCCCCCCCCOC(=O)CCCCCCCCCCCCCCCCCCCCC. The Labute approximate surface area is 432 Å². The third-order valence-corrected chi connectivity index (χ3v) is 15.2. The predicted octanol–water partition coefficient (Wildman–Crippen LogP) is 19.9. The van der Waals surface area contributed by atoms with Crippen LogP contribution in [0.3, 0.4) is 0 Å². The Morgan fingerprint density at radius 2 is 0.594 bits per heavy atom. The molecule has 69 heavy (non-hydrogen) atoms. The van der Waals surface area contributed by atoms with E-state index in [-0.39, 0.29) is 18.5 Å². The van der Waals surface area contributed by atoms with E-state index in [1.54, 1.807) is 0 Å². The van der Waals surface area contributed by atoms with E-state index in [2.05, 4.69) is 19.2 Å². The molecule has 0 fully saturated rings. The lowest BCUT2D eigenvalue weighted by Crippen LogP contribution is -2.45. The maximum absolute atomic E-state index is 12.5. The molecule has 412 valence electrons. The molecule has 0 heterocycles. The second-order valence-electron chi connectivity index (χ2n) is 22.1. The summed E-state index contributed by atoms with van der Waals surface area (Å²) in [5.41, 5.74) is 0. The minimum atomic E-state index is -0.676. The van der Waals surface area contributed by atoms with Crippen LogP contribution < -0.4 is 5.32 Å². The van der Waals surface area contributed by atoms with E-state index in [0.717, 1.165) is 57.8 Å². The van der Waals surface area contributed by atoms with Crippen LogP contribution in [0.1, 0.15) is 367 Å². The van der Waals surface area contributed by atoms with Gasteiger partial charge in [-0.3, -0.25) is 9.59 Å². The topological polar surface area (TPSA) is 95.9 Å². The molecule has 0 aliphatic heterocycles.